The minimum absolute atomic E-state index is 0.267. The van der Waals surface area contributed by atoms with Gasteiger partial charge in [0, 0.05) is 11.3 Å². The molecule has 0 unspecified atom stereocenters. The van der Waals surface area contributed by atoms with Crippen molar-refractivity contribution in [3.63, 3.8) is 0 Å². The average molecular weight is 243 g/mol. The summed E-state index contributed by atoms with van der Waals surface area (Å²) in [5.74, 6) is 0.327. The van der Waals surface area contributed by atoms with Crippen LogP contribution in [0.4, 0.5) is 10.1 Å². The van der Waals surface area contributed by atoms with Gasteiger partial charge in [0.1, 0.15) is 5.82 Å². The van der Waals surface area contributed by atoms with E-state index in [9.17, 15) is 4.39 Å². The normalized spacial score (nSPS) is 10.9. The maximum absolute atomic E-state index is 13.9. The zero-order valence-electron chi connectivity index (χ0n) is 10.8. The summed E-state index contributed by atoms with van der Waals surface area (Å²) in [4.78, 5) is 0. The summed E-state index contributed by atoms with van der Waals surface area (Å²) in [5, 5.41) is 0. The van der Waals surface area contributed by atoms with Crippen molar-refractivity contribution in [3.8, 4) is 11.1 Å². The Labute approximate surface area is 107 Å². The lowest BCUT2D eigenvalue weighted by atomic mass is 9.97. The first kappa shape index (κ1) is 12.6. The van der Waals surface area contributed by atoms with Crippen molar-refractivity contribution in [2.24, 2.45) is 5.92 Å². The van der Waals surface area contributed by atoms with Gasteiger partial charge in [0.15, 0.2) is 0 Å². The largest absolute Gasteiger partial charge is 0.399 e. The highest BCUT2D eigenvalue weighted by Crippen LogP contribution is 2.25. The Hall–Kier alpha value is -1.83. The minimum Gasteiger partial charge on any atom is -0.399 e. The summed E-state index contributed by atoms with van der Waals surface area (Å²) < 4.78 is 13.9. The molecule has 94 valence electrons. The Balaban J connectivity index is 2.38. The second kappa shape index (κ2) is 5.21. The first-order valence-corrected chi connectivity index (χ1v) is 6.20. The molecule has 0 bridgehead atoms. The molecular weight excluding hydrogens is 225 g/mol. The van der Waals surface area contributed by atoms with Crippen molar-refractivity contribution in [2.75, 3.05) is 5.73 Å². The van der Waals surface area contributed by atoms with E-state index in [1.54, 1.807) is 12.1 Å². The van der Waals surface area contributed by atoms with Gasteiger partial charge in [0.05, 0.1) is 0 Å². The van der Waals surface area contributed by atoms with Crippen molar-refractivity contribution >= 4 is 5.69 Å². The summed E-state index contributed by atoms with van der Waals surface area (Å²) in [5.41, 5.74) is 8.76. The molecule has 2 N–H and O–H groups in total. The van der Waals surface area contributed by atoms with Crippen LogP contribution in [-0.2, 0) is 6.42 Å². The number of nitrogens with two attached hydrogens (primary N) is 1. The van der Waals surface area contributed by atoms with E-state index in [0.29, 0.717) is 17.2 Å². The highest BCUT2D eigenvalue weighted by atomic mass is 19.1. The first-order chi connectivity index (χ1) is 8.56. The smallest absolute Gasteiger partial charge is 0.133 e. The number of anilines is 1. The molecule has 2 aromatic rings. The molecule has 0 atom stereocenters. The molecule has 18 heavy (non-hydrogen) atoms. The molecule has 1 nitrogen and oxygen atoms in total. The molecule has 0 fully saturated rings. The van der Waals surface area contributed by atoms with Crippen LogP contribution in [0.3, 0.4) is 0 Å². The Morgan fingerprint density at radius 3 is 2.56 bits per heavy atom. The van der Waals surface area contributed by atoms with E-state index in [4.69, 9.17) is 5.73 Å². The summed E-state index contributed by atoms with van der Waals surface area (Å²) in [6, 6.07) is 12.9. The van der Waals surface area contributed by atoms with Gasteiger partial charge in [-0.15, -0.1) is 0 Å². The molecule has 2 rings (SSSR count). The van der Waals surface area contributed by atoms with Crippen molar-refractivity contribution < 1.29 is 4.39 Å². The lowest BCUT2D eigenvalue weighted by Gasteiger charge is -2.09. The summed E-state index contributed by atoms with van der Waals surface area (Å²) in [6.07, 6.45) is 1.00. The van der Waals surface area contributed by atoms with E-state index in [0.717, 1.165) is 12.0 Å². The zero-order chi connectivity index (χ0) is 13.1. The SMILES string of the molecule is CC(C)Cc1cccc(-c2ccc(N)cc2F)c1. The lowest BCUT2D eigenvalue weighted by molar-refractivity contribution is 0.631. The van der Waals surface area contributed by atoms with E-state index in [1.165, 1.54) is 11.6 Å². The van der Waals surface area contributed by atoms with Crippen LogP contribution in [0, 0.1) is 11.7 Å². The molecule has 0 aromatic heterocycles. The first-order valence-electron chi connectivity index (χ1n) is 6.20. The van der Waals surface area contributed by atoms with E-state index in [2.05, 4.69) is 26.0 Å². The van der Waals surface area contributed by atoms with Gasteiger partial charge in [0.2, 0.25) is 0 Å². The molecule has 0 heterocycles. The van der Waals surface area contributed by atoms with Crippen LogP contribution in [0.5, 0.6) is 0 Å². The van der Waals surface area contributed by atoms with Gasteiger partial charge in [-0.05, 0) is 41.7 Å². The third-order valence-electron chi connectivity index (χ3n) is 2.88. The Bertz CT molecular complexity index is 547. The molecule has 0 aliphatic carbocycles. The summed E-state index contributed by atoms with van der Waals surface area (Å²) in [6.45, 7) is 4.35. The van der Waals surface area contributed by atoms with Gasteiger partial charge < -0.3 is 5.73 Å². The van der Waals surface area contributed by atoms with E-state index < -0.39 is 0 Å². The van der Waals surface area contributed by atoms with Crippen LogP contribution in [0.15, 0.2) is 42.5 Å². The van der Waals surface area contributed by atoms with Gasteiger partial charge in [-0.1, -0.05) is 38.1 Å². The van der Waals surface area contributed by atoms with E-state index in [-0.39, 0.29) is 5.82 Å². The third kappa shape index (κ3) is 2.89. The summed E-state index contributed by atoms with van der Waals surface area (Å²) >= 11 is 0. The van der Waals surface area contributed by atoms with Gasteiger partial charge in [-0.3, -0.25) is 0 Å². The number of hydrogen-bond acceptors (Lipinski definition) is 1. The number of rotatable bonds is 3. The quantitative estimate of drug-likeness (QED) is 0.800. The summed E-state index contributed by atoms with van der Waals surface area (Å²) in [7, 11) is 0. The van der Waals surface area contributed by atoms with Crippen LogP contribution in [0.1, 0.15) is 19.4 Å². The molecule has 0 radical (unpaired) electrons. The lowest BCUT2D eigenvalue weighted by Crippen LogP contribution is -1.95. The molecule has 2 heteroatoms. The van der Waals surface area contributed by atoms with Crippen molar-refractivity contribution in [3.05, 3.63) is 53.8 Å². The molecular formula is C16H18FN. The second-order valence-electron chi connectivity index (χ2n) is 5.04. The number of halogens is 1. The number of nitrogen functional groups attached to an aromatic ring is 1. The molecule has 0 spiro atoms. The van der Waals surface area contributed by atoms with E-state index in [1.807, 2.05) is 12.1 Å². The fraction of sp³-hybridized carbons (Fsp3) is 0.250. The predicted molar refractivity (Wildman–Crippen MR) is 74.8 cm³/mol. The number of hydrogen-bond donors (Lipinski definition) is 1. The fourth-order valence-electron chi connectivity index (χ4n) is 2.10. The van der Waals surface area contributed by atoms with Gasteiger partial charge in [0.25, 0.3) is 0 Å². The maximum Gasteiger partial charge on any atom is 0.133 e. The molecule has 0 saturated heterocycles. The molecule has 0 aliphatic heterocycles. The van der Waals surface area contributed by atoms with Gasteiger partial charge in [-0.2, -0.15) is 0 Å². The fourth-order valence-corrected chi connectivity index (χ4v) is 2.10. The topological polar surface area (TPSA) is 26.0 Å². The highest BCUT2D eigenvalue weighted by Gasteiger charge is 2.06. The Kier molecular flexibility index (Phi) is 3.66. The second-order valence-corrected chi connectivity index (χ2v) is 5.04. The van der Waals surface area contributed by atoms with Crippen LogP contribution in [-0.4, -0.2) is 0 Å². The maximum atomic E-state index is 13.9. The molecule has 2 aromatic carbocycles. The monoisotopic (exact) mass is 243 g/mol. The highest BCUT2D eigenvalue weighted by molar-refractivity contribution is 5.67. The molecule has 0 saturated carbocycles. The molecule has 0 aliphatic rings. The van der Waals surface area contributed by atoms with Crippen LogP contribution >= 0.6 is 0 Å². The minimum atomic E-state index is -0.267. The zero-order valence-corrected chi connectivity index (χ0v) is 10.8. The van der Waals surface area contributed by atoms with Crippen molar-refractivity contribution in [1.82, 2.24) is 0 Å². The van der Waals surface area contributed by atoms with Crippen molar-refractivity contribution in [2.45, 2.75) is 20.3 Å². The van der Waals surface area contributed by atoms with Crippen LogP contribution in [0.2, 0.25) is 0 Å². The number of benzene rings is 2. The van der Waals surface area contributed by atoms with Crippen LogP contribution < -0.4 is 5.73 Å². The van der Waals surface area contributed by atoms with Crippen molar-refractivity contribution in [1.29, 1.82) is 0 Å². The van der Waals surface area contributed by atoms with E-state index >= 15 is 0 Å². The third-order valence-corrected chi connectivity index (χ3v) is 2.88. The average Bonchev–Trinajstić information content (AvgIpc) is 2.28. The predicted octanol–water partition coefficient (Wildman–Crippen LogP) is 4.27. The Morgan fingerprint density at radius 2 is 1.89 bits per heavy atom. The van der Waals surface area contributed by atoms with Gasteiger partial charge >= 0.3 is 0 Å². The van der Waals surface area contributed by atoms with Gasteiger partial charge in [-0.25, -0.2) is 4.39 Å². The van der Waals surface area contributed by atoms with Crippen LogP contribution in [0.25, 0.3) is 11.1 Å². The standard InChI is InChI=1S/C16H18FN/c1-11(2)8-12-4-3-5-13(9-12)15-7-6-14(18)10-16(15)17/h3-7,9-11H,8,18H2,1-2H3. The Morgan fingerprint density at radius 1 is 1.11 bits per heavy atom. The molecule has 0 amide bonds.